The average molecular weight is 394 g/mol. The number of aliphatic carboxylic acids is 1. The monoisotopic (exact) mass is 394 g/mol. The summed E-state index contributed by atoms with van der Waals surface area (Å²) in [5.41, 5.74) is 1.95. The third kappa shape index (κ3) is 4.48. The molecule has 1 heterocycles. The number of nitrogens with zero attached hydrogens (tertiary/aromatic N) is 2. The topological polar surface area (TPSA) is 64.4 Å². The van der Waals surface area contributed by atoms with Gasteiger partial charge in [0.15, 0.2) is 0 Å². The molecule has 0 amide bonds. The number of aromatic nitrogens is 2. The SMILES string of the molecule is Cc1cc(F)ccc1Cn1nc(/C=C/C(=O)O)c2ccc(OC(F)(F)F)cc21. The summed E-state index contributed by atoms with van der Waals surface area (Å²) in [6.07, 6.45) is -2.71. The summed E-state index contributed by atoms with van der Waals surface area (Å²) in [6.45, 7) is 1.85. The van der Waals surface area contributed by atoms with Crippen molar-refractivity contribution in [2.75, 3.05) is 0 Å². The van der Waals surface area contributed by atoms with Crippen LogP contribution in [0, 0.1) is 12.7 Å². The van der Waals surface area contributed by atoms with E-state index in [-0.39, 0.29) is 12.2 Å². The van der Waals surface area contributed by atoms with E-state index in [4.69, 9.17) is 5.11 Å². The fourth-order valence-electron chi connectivity index (χ4n) is 2.77. The van der Waals surface area contributed by atoms with Gasteiger partial charge in [-0.15, -0.1) is 13.2 Å². The first-order chi connectivity index (χ1) is 13.1. The first-order valence-electron chi connectivity index (χ1n) is 8.05. The van der Waals surface area contributed by atoms with Crippen molar-refractivity contribution in [3.63, 3.8) is 0 Å². The van der Waals surface area contributed by atoms with Gasteiger partial charge < -0.3 is 9.84 Å². The Hall–Kier alpha value is -3.36. The molecule has 0 spiro atoms. The zero-order chi connectivity index (χ0) is 20.5. The molecule has 2 aromatic carbocycles. The summed E-state index contributed by atoms with van der Waals surface area (Å²) in [5, 5.41) is 13.6. The van der Waals surface area contributed by atoms with Crippen LogP contribution in [-0.4, -0.2) is 27.2 Å². The molecular formula is C19H14F4N2O3. The molecule has 28 heavy (non-hydrogen) atoms. The summed E-state index contributed by atoms with van der Waals surface area (Å²) in [5.74, 6) is -2.02. The molecule has 0 bridgehead atoms. The van der Waals surface area contributed by atoms with Crippen LogP contribution >= 0.6 is 0 Å². The maximum atomic E-state index is 13.3. The molecule has 0 fully saturated rings. The molecule has 5 nitrogen and oxygen atoms in total. The van der Waals surface area contributed by atoms with Crippen LogP contribution in [0.2, 0.25) is 0 Å². The van der Waals surface area contributed by atoms with Gasteiger partial charge in [-0.25, -0.2) is 9.18 Å². The first-order valence-corrected chi connectivity index (χ1v) is 8.05. The maximum absolute atomic E-state index is 13.3. The zero-order valence-corrected chi connectivity index (χ0v) is 14.5. The highest BCUT2D eigenvalue weighted by molar-refractivity contribution is 5.92. The van der Waals surface area contributed by atoms with E-state index < -0.39 is 23.9 Å². The van der Waals surface area contributed by atoms with Crippen molar-refractivity contribution in [3.05, 3.63) is 65.1 Å². The van der Waals surface area contributed by atoms with Crippen LogP contribution in [0.15, 0.2) is 42.5 Å². The molecule has 9 heteroatoms. The lowest BCUT2D eigenvalue weighted by molar-refractivity contribution is -0.274. The second-order valence-electron chi connectivity index (χ2n) is 6.01. The van der Waals surface area contributed by atoms with Gasteiger partial charge in [0.2, 0.25) is 0 Å². The minimum Gasteiger partial charge on any atom is -0.478 e. The summed E-state index contributed by atoms with van der Waals surface area (Å²) in [7, 11) is 0. The van der Waals surface area contributed by atoms with Gasteiger partial charge in [-0.1, -0.05) is 6.07 Å². The van der Waals surface area contributed by atoms with Crippen LogP contribution in [0.3, 0.4) is 0 Å². The normalized spacial score (nSPS) is 12.0. The smallest absolute Gasteiger partial charge is 0.478 e. The molecule has 146 valence electrons. The summed E-state index contributed by atoms with van der Waals surface area (Å²) in [4.78, 5) is 10.8. The standard InChI is InChI=1S/C19H14F4N2O3/c1-11-8-13(20)3-2-12(11)10-25-17-9-14(28-19(21,22)23)4-5-15(17)16(24-25)6-7-18(26)27/h2-9H,10H2,1H3,(H,26,27)/b7-6+. The molecule has 1 N–H and O–H groups in total. The number of rotatable bonds is 5. The van der Waals surface area contributed by atoms with Gasteiger partial charge in [0.1, 0.15) is 11.6 Å². The molecule has 0 saturated heterocycles. The summed E-state index contributed by atoms with van der Waals surface area (Å²) in [6, 6.07) is 7.84. The van der Waals surface area contributed by atoms with Gasteiger partial charge in [-0.3, -0.25) is 4.68 Å². The number of benzene rings is 2. The Balaban J connectivity index is 2.10. The fourth-order valence-corrected chi connectivity index (χ4v) is 2.77. The van der Waals surface area contributed by atoms with Crippen LogP contribution in [0.1, 0.15) is 16.8 Å². The van der Waals surface area contributed by atoms with Crippen molar-refractivity contribution in [3.8, 4) is 5.75 Å². The van der Waals surface area contributed by atoms with E-state index >= 15 is 0 Å². The zero-order valence-electron chi connectivity index (χ0n) is 14.5. The summed E-state index contributed by atoms with van der Waals surface area (Å²) >= 11 is 0. The van der Waals surface area contributed by atoms with Gasteiger partial charge in [0, 0.05) is 17.5 Å². The van der Waals surface area contributed by atoms with Gasteiger partial charge in [0.25, 0.3) is 0 Å². The lowest BCUT2D eigenvalue weighted by atomic mass is 10.1. The Morgan fingerprint density at radius 2 is 2.00 bits per heavy atom. The average Bonchev–Trinajstić information content (AvgIpc) is 2.91. The molecule has 0 aliphatic heterocycles. The number of alkyl halides is 3. The van der Waals surface area contributed by atoms with E-state index in [0.29, 0.717) is 22.0 Å². The van der Waals surface area contributed by atoms with Gasteiger partial charge in [-0.2, -0.15) is 5.10 Å². The minimum atomic E-state index is -4.85. The Labute approximate surface area is 156 Å². The lowest BCUT2D eigenvalue weighted by Crippen LogP contribution is -2.17. The Morgan fingerprint density at radius 3 is 2.64 bits per heavy atom. The predicted octanol–water partition coefficient (Wildman–Crippen LogP) is 4.53. The number of carboxylic acid groups (broad SMARTS) is 1. The van der Waals surface area contributed by atoms with Crippen LogP contribution in [0.4, 0.5) is 17.6 Å². The third-order valence-corrected chi connectivity index (χ3v) is 3.99. The number of carbonyl (C=O) groups is 1. The Morgan fingerprint density at radius 1 is 1.25 bits per heavy atom. The predicted molar refractivity (Wildman–Crippen MR) is 93.3 cm³/mol. The number of hydrogen-bond donors (Lipinski definition) is 1. The highest BCUT2D eigenvalue weighted by Gasteiger charge is 2.31. The number of halogens is 4. The molecular weight excluding hydrogens is 380 g/mol. The number of aryl methyl sites for hydroxylation is 1. The van der Waals surface area contributed by atoms with Crippen LogP contribution in [0.25, 0.3) is 17.0 Å². The number of fused-ring (bicyclic) bond motifs is 1. The van der Waals surface area contributed by atoms with Gasteiger partial charge >= 0.3 is 12.3 Å². The highest BCUT2D eigenvalue weighted by Crippen LogP contribution is 2.29. The van der Waals surface area contributed by atoms with E-state index in [0.717, 1.165) is 12.1 Å². The van der Waals surface area contributed by atoms with E-state index in [1.807, 2.05) is 0 Å². The maximum Gasteiger partial charge on any atom is 0.573 e. The van der Waals surface area contributed by atoms with E-state index in [1.54, 1.807) is 13.0 Å². The molecule has 0 saturated carbocycles. The van der Waals surface area contributed by atoms with Gasteiger partial charge in [-0.05, 0) is 48.4 Å². The van der Waals surface area contributed by atoms with Crippen LogP contribution < -0.4 is 4.74 Å². The lowest BCUT2D eigenvalue weighted by Gasteiger charge is -2.10. The molecule has 3 aromatic rings. The van der Waals surface area contributed by atoms with E-state index in [2.05, 4.69) is 9.84 Å². The third-order valence-electron chi connectivity index (χ3n) is 3.99. The highest BCUT2D eigenvalue weighted by atomic mass is 19.4. The fraction of sp³-hybridized carbons (Fsp3) is 0.158. The quantitative estimate of drug-likeness (QED) is 0.510. The second-order valence-corrected chi connectivity index (χ2v) is 6.01. The Bertz CT molecular complexity index is 1070. The number of carboxylic acids is 1. The summed E-state index contributed by atoms with van der Waals surface area (Å²) < 4.78 is 56.3. The van der Waals surface area contributed by atoms with Crippen LogP contribution in [0.5, 0.6) is 5.75 Å². The first kappa shape index (κ1) is 19.4. The minimum absolute atomic E-state index is 0.152. The van der Waals surface area contributed by atoms with E-state index in [9.17, 15) is 22.4 Å². The molecule has 0 radical (unpaired) electrons. The molecule has 3 rings (SSSR count). The van der Waals surface area contributed by atoms with Crippen molar-refractivity contribution in [2.45, 2.75) is 19.8 Å². The van der Waals surface area contributed by atoms with Crippen molar-refractivity contribution in [1.82, 2.24) is 9.78 Å². The molecule has 0 atom stereocenters. The Kier molecular flexibility index (Phi) is 5.08. The van der Waals surface area contributed by atoms with Crippen molar-refractivity contribution >= 4 is 22.9 Å². The van der Waals surface area contributed by atoms with Crippen LogP contribution in [-0.2, 0) is 11.3 Å². The largest absolute Gasteiger partial charge is 0.573 e. The molecule has 1 aromatic heterocycles. The van der Waals surface area contributed by atoms with Gasteiger partial charge in [0.05, 0.1) is 17.8 Å². The van der Waals surface area contributed by atoms with Crippen molar-refractivity contribution in [1.29, 1.82) is 0 Å². The number of hydrogen-bond acceptors (Lipinski definition) is 3. The van der Waals surface area contributed by atoms with Crippen molar-refractivity contribution in [2.24, 2.45) is 0 Å². The van der Waals surface area contributed by atoms with E-state index in [1.165, 1.54) is 35.0 Å². The second kappa shape index (κ2) is 7.34. The van der Waals surface area contributed by atoms with Crippen molar-refractivity contribution < 1.29 is 32.2 Å². The molecule has 0 aliphatic rings. The number of ether oxygens (including phenoxy) is 1. The molecule has 0 unspecified atom stereocenters. The molecule has 0 aliphatic carbocycles.